The summed E-state index contributed by atoms with van der Waals surface area (Å²) in [6.07, 6.45) is 0.667. The summed E-state index contributed by atoms with van der Waals surface area (Å²) in [4.78, 5) is 23.9. The first-order valence-corrected chi connectivity index (χ1v) is 8.82. The molecule has 1 aromatic heterocycles. The molecule has 132 valence electrons. The van der Waals surface area contributed by atoms with E-state index >= 15 is 0 Å². The SMILES string of the molecule is C[C@@H]1Oc2ccc(NC(=O)c3cc(S(N)(=O)=O)cn3C)cc2NC1=O. The monoisotopic (exact) mass is 364 g/mol. The van der Waals surface area contributed by atoms with Crippen molar-refractivity contribution in [3.8, 4) is 5.75 Å². The number of fused-ring (bicyclic) bond motifs is 1. The maximum absolute atomic E-state index is 12.4. The molecule has 25 heavy (non-hydrogen) atoms. The molecule has 0 radical (unpaired) electrons. The van der Waals surface area contributed by atoms with Crippen LogP contribution in [0.15, 0.2) is 35.4 Å². The normalized spacial score (nSPS) is 16.6. The minimum Gasteiger partial charge on any atom is -0.479 e. The van der Waals surface area contributed by atoms with Gasteiger partial charge in [0.2, 0.25) is 10.0 Å². The van der Waals surface area contributed by atoms with Crippen LogP contribution in [0.5, 0.6) is 5.75 Å². The molecule has 1 aliphatic rings. The topological polar surface area (TPSA) is 133 Å². The number of benzene rings is 1. The van der Waals surface area contributed by atoms with Crippen molar-refractivity contribution in [3.63, 3.8) is 0 Å². The number of primary sulfonamides is 1. The molecule has 4 N–H and O–H groups in total. The van der Waals surface area contributed by atoms with Gasteiger partial charge in [0.1, 0.15) is 16.3 Å². The van der Waals surface area contributed by atoms with Crippen molar-refractivity contribution >= 4 is 33.2 Å². The minimum absolute atomic E-state index is 0.121. The molecule has 10 heteroatoms. The van der Waals surface area contributed by atoms with Crippen molar-refractivity contribution < 1.29 is 22.7 Å². The predicted molar refractivity (Wildman–Crippen MR) is 89.9 cm³/mol. The largest absolute Gasteiger partial charge is 0.479 e. The third-order valence-corrected chi connectivity index (χ3v) is 4.59. The summed E-state index contributed by atoms with van der Waals surface area (Å²) in [5.74, 6) is -0.301. The smallest absolute Gasteiger partial charge is 0.272 e. The highest BCUT2D eigenvalue weighted by Crippen LogP contribution is 2.32. The third-order valence-electron chi connectivity index (χ3n) is 3.71. The molecule has 0 fully saturated rings. The lowest BCUT2D eigenvalue weighted by Gasteiger charge is -2.23. The zero-order chi connectivity index (χ0) is 18.4. The summed E-state index contributed by atoms with van der Waals surface area (Å²) in [7, 11) is -2.37. The lowest BCUT2D eigenvalue weighted by molar-refractivity contribution is -0.122. The van der Waals surface area contributed by atoms with E-state index in [1.165, 1.54) is 23.9 Å². The summed E-state index contributed by atoms with van der Waals surface area (Å²) in [6, 6.07) is 5.99. The van der Waals surface area contributed by atoms with Gasteiger partial charge in [0.05, 0.1) is 5.69 Å². The van der Waals surface area contributed by atoms with Crippen LogP contribution in [0.25, 0.3) is 0 Å². The molecule has 1 aliphatic heterocycles. The van der Waals surface area contributed by atoms with Gasteiger partial charge in [0.25, 0.3) is 11.8 Å². The van der Waals surface area contributed by atoms with Crippen LogP contribution in [0.3, 0.4) is 0 Å². The fourth-order valence-electron chi connectivity index (χ4n) is 2.40. The number of nitrogens with zero attached hydrogens (tertiary/aromatic N) is 1. The second-order valence-electron chi connectivity index (χ2n) is 5.63. The Kier molecular flexibility index (Phi) is 4.01. The number of hydrogen-bond acceptors (Lipinski definition) is 5. The zero-order valence-electron chi connectivity index (χ0n) is 13.4. The molecule has 1 aromatic carbocycles. The van der Waals surface area contributed by atoms with Gasteiger partial charge in [0.15, 0.2) is 6.10 Å². The van der Waals surface area contributed by atoms with Gasteiger partial charge in [-0.05, 0) is 31.2 Å². The molecule has 1 atom stereocenters. The average Bonchev–Trinajstić information content (AvgIpc) is 2.91. The molecular weight excluding hydrogens is 348 g/mol. The lowest BCUT2D eigenvalue weighted by atomic mass is 10.2. The van der Waals surface area contributed by atoms with Crippen LogP contribution >= 0.6 is 0 Å². The quantitative estimate of drug-likeness (QED) is 0.735. The lowest BCUT2D eigenvalue weighted by Crippen LogP contribution is -2.34. The number of aryl methyl sites for hydroxylation is 1. The van der Waals surface area contributed by atoms with Crippen LogP contribution < -0.4 is 20.5 Å². The second-order valence-corrected chi connectivity index (χ2v) is 7.19. The Morgan fingerprint density at radius 2 is 2.08 bits per heavy atom. The minimum atomic E-state index is -3.90. The summed E-state index contributed by atoms with van der Waals surface area (Å²) in [5.41, 5.74) is 0.981. The number of aromatic nitrogens is 1. The first-order chi connectivity index (χ1) is 11.6. The van der Waals surface area contributed by atoms with Crippen molar-refractivity contribution in [2.24, 2.45) is 12.2 Å². The van der Waals surface area contributed by atoms with Crippen LogP contribution in [-0.4, -0.2) is 30.9 Å². The molecule has 2 amide bonds. The number of nitrogens with one attached hydrogen (secondary N) is 2. The van der Waals surface area contributed by atoms with E-state index in [1.807, 2.05) is 0 Å². The Morgan fingerprint density at radius 1 is 1.36 bits per heavy atom. The molecule has 0 saturated carbocycles. The average molecular weight is 364 g/mol. The Labute approximate surface area is 143 Å². The van der Waals surface area contributed by atoms with Crippen molar-refractivity contribution in [1.29, 1.82) is 0 Å². The van der Waals surface area contributed by atoms with Crippen LogP contribution in [0.1, 0.15) is 17.4 Å². The number of hydrogen-bond donors (Lipinski definition) is 3. The van der Waals surface area contributed by atoms with E-state index < -0.39 is 22.0 Å². The van der Waals surface area contributed by atoms with E-state index in [0.717, 1.165) is 0 Å². The third kappa shape index (κ3) is 3.35. The molecule has 0 bridgehead atoms. The number of carbonyl (C=O) groups excluding carboxylic acids is 2. The van der Waals surface area contributed by atoms with Crippen molar-refractivity contribution in [3.05, 3.63) is 36.2 Å². The van der Waals surface area contributed by atoms with Crippen molar-refractivity contribution in [1.82, 2.24) is 4.57 Å². The second kappa shape index (κ2) is 5.90. The van der Waals surface area contributed by atoms with Crippen LogP contribution in [0, 0.1) is 0 Å². The fourth-order valence-corrected chi connectivity index (χ4v) is 2.98. The first-order valence-electron chi connectivity index (χ1n) is 7.27. The molecule has 9 nitrogen and oxygen atoms in total. The highest BCUT2D eigenvalue weighted by molar-refractivity contribution is 7.89. The van der Waals surface area contributed by atoms with Crippen molar-refractivity contribution in [2.45, 2.75) is 17.9 Å². The number of carbonyl (C=O) groups is 2. The van der Waals surface area contributed by atoms with Gasteiger partial charge in [-0.1, -0.05) is 0 Å². The van der Waals surface area contributed by atoms with Gasteiger partial charge in [-0.15, -0.1) is 0 Å². The zero-order valence-corrected chi connectivity index (χ0v) is 14.3. The molecule has 0 unspecified atom stereocenters. The highest BCUT2D eigenvalue weighted by Gasteiger charge is 2.24. The van der Waals surface area contributed by atoms with E-state index in [4.69, 9.17) is 9.88 Å². The maximum Gasteiger partial charge on any atom is 0.272 e. The number of sulfonamides is 1. The number of nitrogens with two attached hydrogens (primary N) is 1. The van der Waals surface area contributed by atoms with Crippen molar-refractivity contribution in [2.75, 3.05) is 10.6 Å². The predicted octanol–water partition coefficient (Wildman–Crippen LogP) is 0.644. The van der Waals surface area contributed by atoms with Gasteiger partial charge >= 0.3 is 0 Å². The Bertz CT molecular complexity index is 980. The van der Waals surface area contributed by atoms with Gasteiger partial charge in [0, 0.05) is 18.9 Å². The van der Waals surface area contributed by atoms with Gasteiger partial charge < -0.3 is 19.9 Å². The fraction of sp³-hybridized carbons (Fsp3) is 0.200. The molecule has 0 spiro atoms. The van der Waals surface area contributed by atoms with E-state index in [9.17, 15) is 18.0 Å². The van der Waals surface area contributed by atoms with E-state index in [0.29, 0.717) is 17.1 Å². The number of rotatable bonds is 3. The van der Waals surface area contributed by atoms with Crippen LogP contribution in [-0.2, 0) is 21.9 Å². The number of amides is 2. The van der Waals surface area contributed by atoms with E-state index in [2.05, 4.69) is 10.6 Å². The van der Waals surface area contributed by atoms with E-state index in [1.54, 1.807) is 25.1 Å². The van der Waals surface area contributed by atoms with Gasteiger partial charge in [-0.3, -0.25) is 9.59 Å². The number of anilines is 2. The summed E-state index contributed by atoms with van der Waals surface area (Å²) in [6.45, 7) is 1.63. The van der Waals surface area contributed by atoms with Crippen LogP contribution in [0.4, 0.5) is 11.4 Å². The van der Waals surface area contributed by atoms with E-state index in [-0.39, 0.29) is 16.5 Å². The first kappa shape index (κ1) is 17.0. The summed E-state index contributed by atoms with van der Waals surface area (Å²) >= 11 is 0. The number of ether oxygens (including phenoxy) is 1. The summed E-state index contributed by atoms with van der Waals surface area (Å²) in [5, 5.41) is 10.4. The standard InChI is InChI=1S/C15H16N4O5S/c1-8-14(20)18-11-5-9(3-4-13(11)24-8)17-15(21)12-6-10(7-19(12)2)25(16,22)23/h3-8H,1-2H3,(H,17,21)(H,18,20)(H2,16,22,23)/t8-/m0/s1. The molecule has 2 heterocycles. The highest BCUT2D eigenvalue weighted by atomic mass is 32.2. The van der Waals surface area contributed by atoms with Gasteiger partial charge in [-0.25, -0.2) is 13.6 Å². The summed E-state index contributed by atoms with van der Waals surface area (Å²) < 4.78 is 29.6. The Hall–Kier alpha value is -2.85. The molecule has 3 rings (SSSR count). The molecule has 0 saturated heterocycles. The Balaban J connectivity index is 1.84. The molecule has 0 aliphatic carbocycles. The molecule has 2 aromatic rings. The maximum atomic E-state index is 12.4. The Morgan fingerprint density at radius 3 is 2.72 bits per heavy atom. The molecular formula is C15H16N4O5S. The van der Waals surface area contributed by atoms with Crippen LogP contribution in [0.2, 0.25) is 0 Å². The van der Waals surface area contributed by atoms with Gasteiger partial charge in [-0.2, -0.15) is 0 Å².